The minimum Gasteiger partial charge on any atom is -0.447 e. The van der Waals surface area contributed by atoms with Gasteiger partial charge in [0.15, 0.2) is 0 Å². The third-order valence-electron chi connectivity index (χ3n) is 7.64. The van der Waals surface area contributed by atoms with Crippen LogP contribution in [0.3, 0.4) is 0 Å². The zero-order chi connectivity index (χ0) is 29.9. The number of nitrogens with one attached hydrogen (secondary N) is 1. The number of para-hydroxylation sites is 1. The Balaban J connectivity index is 1.23. The Hall–Kier alpha value is -4.19. The number of rotatable bonds is 11. The van der Waals surface area contributed by atoms with Gasteiger partial charge >= 0.3 is 6.09 Å². The largest absolute Gasteiger partial charge is 0.447 e. The number of carbonyl (C=O) groups is 2. The maximum absolute atomic E-state index is 13.1. The molecule has 11 heteroatoms. The first-order chi connectivity index (χ1) is 20.1. The Bertz CT molecular complexity index is 1670. The lowest BCUT2D eigenvalue weighted by Gasteiger charge is -2.28. The van der Waals surface area contributed by atoms with Crippen LogP contribution in [0.25, 0.3) is 22.0 Å². The molecule has 4 aromatic rings. The van der Waals surface area contributed by atoms with E-state index in [1.54, 1.807) is 19.1 Å². The summed E-state index contributed by atoms with van der Waals surface area (Å²) in [6.45, 7) is 0.783. The second-order valence-electron chi connectivity index (χ2n) is 10.4. The molecule has 10 nitrogen and oxygen atoms in total. The zero-order valence-corrected chi connectivity index (χ0v) is 24.4. The molecule has 1 heterocycles. The second kappa shape index (κ2) is 12.4. The number of fused-ring (bicyclic) bond motifs is 4. The van der Waals surface area contributed by atoms with Crippen LogP contribution in [0, 0.1) is 0 Å². The van der Waals surface area contributed by atoms with Crippen LogP contribution in [0.5, 0.6) is 0 Å². The molecule has 0 unspecified atom stereocenters. The quantitative estimate of drug-likeness (QED) is 0.198. The molecule has 0 aliphatic heterocycles. The van der Waals surface area contributed by atoms with Crippen molar-refractivity contribution in [1.29, 1.82) is 0 Å². The van der Waals surface area contributed by atoms with E-state index in [4.69, 9.17) is 9.29 Å². The molecule has 2 N–H and O–H groups in total. The van der Waals surface area contributed by atoms with Gasteiger partial charge in [-0.1, -0.05) is 66.7 Å². The molecule has 0 atom stereocenters. The Morgan fingerprint density at radius 2 is 1.57 bits per heavy atom. The third kappa shape index (κ3) is 6.48. The molecule has 0 fully saturated rings. The molecule has 1 aliphatic carbocycles. The zero-order valence-electron chi connectivity index (χ0n) is 23.6. The summed E-state index contributed by atoms with van der Waals surface area (Å²) >= 11 is 0. The van der Waals surface area contributed by atoms with E-state index >= 15 is 0 Å². The van der Waals surface area contributed by atoms with Crippen molar-refractivity contribution in [3.05, 3.63) is 95.7 Å². The predicted molar refractivity (Wildman–Crippen MR) is 160 cm³/mol. The van der Waals surface area contributed by atoms with Crippen molar-refractivity contribution in [2.45, 2.75) is 25.4 Å². The maximum atomic E-state index is 13.1. The van der Waals surface area contributed by atoms with Crippen LogP contribution < -0.4 is 5.32 Å². The highest BCUT2D eigenvalue weighted by molar-refractivity contribution is 7.85. The van der Waals surface area contributed by atoms with E-state index in [0.717, 1.165) is 27.7 Å². The van der Waals surface area contributed by atoms with Gasteiger partial charge < -0.3 is 14.6 Å². The molecular formula is C31H34N4O6S. The summed E-state index contributed by atoms with van der Waals surface area (Å²) in [5.41, 5.74) is 6.46. The van der Waals surface area contributed by atoms with E-state index in [1.807, 2.05) is 59.2 Å². The first kappa shape index (κ1) is 29.3. The molecule has 0 saturated heterocycles. The number of aromatic nitrogens is 1. The first-order valence-electron chi connectivity index (χ1n) is 13.7. The number of amides is 2. The van der Waals surface area contributed by atoms with Crippen LogP contribution in [-0.2, 0) is 32.7 Å². The van der Waals surface area contributed by atoms with E-state index < -0.39 is 22.0 Å². The lowest BCUT2D eigenvalue weighted by molar-refractivity contribution is -0.121. The van der Waals surface area contributed by atoms with E-state index in [2.05, 4.69) is 29.6 Å². The van der Waals surface area contributed by atoms with Crippen molar-refractivity contribution in [3.63, 3.8) is 0 Å². The Kier molecular flexibility index (Phi) is 8.62. The molecule has 5 rings (SSSR count). The number of benzene rings is 3. The smallest absolute Gasteiger partial charge is 0.424 e. The van der Waals surface area contributed by atoms with Crippen molar-refractivity contribution in [3.8, 4) is 11.1 Å². The highest BCUT2D eigenvalue weighted by Gasteiger charge is 2.30. The minimum atomic E-state index is -4.15. The van der Waals surface area contributed by atoms with Crippen LogP contribution >= 0.6 is 0 Å². The van der Waals surface area contributed by atoms with Gasteiger partial charge in [0.1, 0.15) is 6.61 Å². The van der Waals surface area contributed by atoms with Gasteiger partial charge in [-0.15, -0.1) is 0 Å². The van der Waals surface area contributed by atoms with Gasteiger partial charge in [0.25, 0.3) is 10.1 Å². The molecule has 1 aromatic heterocycles. The van der Waals surface area contributed by atoms with E-state index in [-0.39, 0.29) is 31.4 Å². The third-order valence-corrected chi connectivity index (χ3v) is 8.36. The van der Waals surface area contributed by atoms with Gasteiger partial charge in [-0.2, -0.15) is 8.42 Å². The molecule has 220 valence electrons. The molecule has 0 saturated carbocycles. The fourth-order valence-corrected chi connectivity index (χ4v) is 5.81. The van der Waals surface area contributed by atoms with Gasteiger partial charge in [-0.3, -0.25) is 9.35 Å². The fraction of sp³-hybridized carbons (Fsp3) is 0.290. The predicted octanol–water partition coefficient (Wildman–Crippen LogP) is 4.26. The van der Waals surface area contributed by atoms with Crippen molar-refractivity contribution in [2.24, 2.45) is 0 Å². The molecule has 3 aromatic carbocycles. The Labute approximate surface area is 245 Å². The van der Waals surface area contributed by atoms with Crippen LogP contribution in [0.15, 0.2) is 78.9 Å². The van der Waals surface area contributed by atoms with Crippen LogP contribution in [-0.4, -0.2) is 72.6 Å². The number of aryl methyl sites for hydroxylation is 1. The molecule has 0 spiro atoms. The Morgan fingerprint density at radius 3 is 2.24 bits per heavy atom. The lowest BCUT2D eigenvalue weighted by atomic mass is 9.98. The van der Waals surface area contributed by atoms with Crippen molar-refractivity contribution in [1.82, 2.24) is 19.9 Å². The second-order valence-corrected chi connectivity index (χ2v) is 11.9. The summed E-state index contributed by atoms with van der Waals surface area (Å²) < 4.78 is 38.5. The molecule has 0 radical (unpaired) electrons. The van der Waals surface area contributed by atoms with Gasteiger partial charge in [-0.25, -0.2) is 14.8 Å². The molecule has 2 amide bonds. The number of carbonyl (C=O) groups excluding carboxylic acids is 2. The number of hydrogen-bond donors (Lipinski definition) is 2. The summed E-state index contributed by atoms with van der Waals surface area (Å²) in [4.78, 5) is 25.5. The molecular weight excluding hydrogens is 556 g/mol. The number of nitrogens with zero attached hydrogens (tertiary/aromatic N) is 3. The van der Waals surface area contributed by atoms with Crippen LogP contribution in [0.4, 0.5) is 4.79 Å². The average molecular weight is 591 g/mol. The van der Waals surface area contributed by atoms with Gasteiger partial charge in [0, 0.05) is 50.7 Å². The average Bonchev–Trinajstić information content (AvgIpc) is 3.48. The summed E-state index contributed by atoms with van der Waals surface area (Å²) in [6.07, 6.45) is -0.358. The first-order valence-corrected chi connectivity index (χ1v) is 15.3. The number of hydrogen-bond acceptors (Lipinski definition) is 6. The van der Waals surface area contributed by atoms with E-state index in [9.17, 15) is 18.0 Å². The normalized spacial score (nSPS) is 12.8. The van der Waals surface area contributed by atoms with Gasteiger partial charge in [0.2, 0.25) is 5.91 Å². The summed E-state index contributed by atoms with van der Waals surface area (Å²) in [5.74, 6) is -0.901. The summed E-state index contributed by atoms with van der Waals surface area (Å²) in [5, 5.41) is 6.72. The van der Waals surface area contributed by atoms with Gasteiger partial charge in [0.05, 0.1) is 12.3 Å². The van der Waals surface area contributed by atoms with E-state index in [0.29, 0.717) is 13.1 Å². The van der Waals surface area contributed by atoms with Crippen LogP contribution in [0.1, 0.15) is 29.2 Å². The maximum Gasteiger partial charge on any atom is 0.424 e. The highest BCUT2D eigenvalue weighted by Crippen LogP contribution is 2.44. The topological polar surface area (TPSA) is 121 Å². The van der Waals surface area contributed by atoms with Gasteiger partial charge in [-0.05, 0) is 39.8 Å². The van der Waals surface area contributed by atoms with Crippen molar-refractivity contribution >= 4 is 33.0 Å². The van der Waals surface area contributed by atoms with Crippen molar-refractivity contribution in [2.75, 3.05) is 33.0 Å². The lowest BCUT2D eigenvalue weighted by Crippen LogP contribution is -2.41. The van der Waals surface area contributed by atoms with Crippen LogP contribution in [0.2, 0.25) is 0 Å². The van der Waals surface area contributed by atoms with Crippen molar-refractivity contribution < 1.29 is 27.3 Å². The molecule has 1 aliphatic rings. The fourth-order valence-electron chi connectivity index (χ4n) is 5.45. The highest BCUT2D eigenvalue weighted by atomic mass is 32.2. The summed E-state index contributed by atoms with van der Waals surface area (Å²) in [7, 11) is -0.687. The molecule has 42 heavy (non-hydrogen) atoms. The Morgan fingerprint density at radius 1 is 0.952 bits per heavy atom. The molecule has 0 bridgehead atoms. The number of hydrazine groups is 1. The standard InChI is InChI=1S/C31H34N4O6S/c1-33(34(2)31(37)41-21-28-26-12-6-4-10-24(26)25-11-5-7-13-27(25)28)20-23-19-22-9-3-8-14-29(22)35(23)17-15-30(36)32-16-18-42(38,39)40/h3-14,19,28H,15-18,20-21H2,1-2H3,(H,32,36)(H,38,39,40). The monoisotopic (exact) mass is 590 g/mol. The van der Waals surface area contributed by atoms with E-state index in [1.165, 1.54) is 16.1 Å². The number of ether oxygens (including phenoxy) is 1. The summed E-state index contributed by atoms with van der Waals surface area (Å²) in [6, 6.07) is 26.2. The SMILES string of the molecule is CN(Cc1cc2ccccc2n1CCC(=O)NCCS(=O)(=O)O)N(C)C(=O)OCC1c2ccccc2-c2ccccc21. The minimum absolute atomic E-state index is 0.0359.